The summed E-state index contributed by atoms with van der Waals surface area (Å²) in [5.41, 5.74) is 4.12. The second-order valence-corrected chi connectivity index (χ2v) is 11.4. The Morgan fingerprint density at radius 1 is 0.951 bits per heavy atom. The van der Waals surface area contributed by atoms with Crippen LogP contribution in [0.5, 0.6) is 0 Å². The van der Waals surface area contributed by atoms with Gasteiger partial charge in [0.1, 0.15) is 11.9 Å². The summed E-state index contributed by atoms with van der Waals surface area (Å²) in [6.07, 6.45) is 4.93. The van der Waals surface area contributed by atoms with E-state index in [1.807, 2.05) is 80.6 Å². The Morgan fingerprint density at radius 3 is 2.05 bits per heavy atom. The molecular formula is C33H31FNO5P. The van der Waals surface area contributed by atoms with Crippen molar-refractivity contribution in [1.82, 2.24) is 4.98 Å². The highest BCUT2D eigenvalue weighted by molar-refractivity contribution is 7.39. The summed E-state index contributed by atoms with van der Waals surface area (Å²) in [5, 5.41) is 11.4. The van der Waals surface area contributed by atoms with Crippen molar-refractivity contribution in [3.63, 3.8) is 0 Å². The third-order valence-electron chi connectivity index (χ3n) is 6.75. The van der Waals surface area contributed by atoms with Crippen molar-refractivity contribution in [2.75, 3.05) is 7.11 Å². The fourth-order valence-corrected chi connectivity index (χ4v) is 6.18. The molecule has 0 amide bonds. The van der Waals surface area contributed by atoms with Crippen LogP contribution in [-0.4, -0.2) is 29.3 Å². The Kier molecular flexibility index (Phi) is 9.86. The smallest absolute Gasteiger partial charge is 0.322 e. The molecule has 0 fully saturated rings. The molecule has 3 unspecified atom stereocenters. The minimum Gasteiger partial charge on any atom is -0.391 e. The maximum atomic E-state index is 14.2. The molecule has 0 saturated carbocycles. The zero-order valence-electron chi connectivity index (χ0n) is 23.0. The van der Waals surface area contributed by atoms with Gasteiger partial charge < -0.3 is 14.4 Å². The van der Waals surface area contributed by atoms with Gasteiger partial charge in [-0.25, -0.2) is 4.39 Å². The van der Waals surface area contributed by atoms with Gasteiger partial charge in [0.15, 0.2) is 0 Å². The van der Waals surface area contributed by atoms with E-state index in [9.17, 15) is 18.9 Å². The zero-order valence-corrected chi connectivity index (χ0v) is 24.0. The normalized spacial score (nSPS) is 13.3. The molecule has 0 aliphatic heterocycles. The van der Waals surface area contributed by atoms with E-state index >= 15 is 0 Å². The molecule has 0 bridgehead atoms. The van der Waals surface area contributed by atoms with Crippen LogP contribution in [-0.2, 0) is 18.6 Å². The third kappa shape index (κ3) is 6.64. The van der Waals surface area contributed by atoms with Gasteiger partial charge in [-0.2, -0.15) is 0 Å². The summed E-state index contributed by atoms with van der Waals surface area (Å²) in [6.45, 7) is 3.88. The molecule has 4 aromatic rings. The van der Waals surface area contributed by atoms with Crippen LogP contribution in [0, 0.1) is 18.3 Å². The molecule has 1 heterocycles. The lowest BCUT2D eigenvalue weighted by molar-refractivity contribution is -0.139. The number of hydrogen-bond donors (Lipinski definition) is 1. The molecule has 0 saturated heterocycles. The minimum atomic E-state index is -3.02. The number of hydrogen-bond acceptors (Lipinski definition) is 6. The number of benzene rings is 3. The van der Waals surface area contributed by atoms with Crippen molar-refractivity contribution in [2.24, 2.45) is 0 Å². The Balaban J connectivity index is 2.19. The van der Waals surface area contributed by atoms with Crippen LogP contribution in [0.15, 0.2) is 84.9 Å². The number of carbonyl (C=O) groups excluding carboxylic acids is 1. The van der Waals surface area contributed by atoms with Gasteiger partial charge in [0.2, 0.25) is 8.03 Å². The standard InChI is InChI=1S/C33H31FNO5P/c1-5-40-27(37)20-26(36)33(41(38)39-4)30-28(23-16-18-25(34)19-17-23)29(22-12-8-6-9-13-22)32(35-31(30)21(2)3)24-14-10-7-11-15-24/h1,6-19,21,26,33,36,41H,20H2,2-4H3. The van der Waals surface area contributed by atoms with E-state index in [0.717, 1.165) is 11.1 Å². The lowest BCUT2D eigenvalue weighted by atomic mass is 9.83. The molecule has 0 aliphatic carbocycles. The first-order valence-corrected chi connectivity index (χ1v) is 14.5. The first-order chi connectivity index (χ1) is 19.8. The van der Waals surface area contributed by atoms with Crippen LogP contribution in [0.4, 0.5) is 4.39 Å². The summed E-state index contributed by atoms with van der Waals surface area (Å²) in [6, 6.07) is 25.2. The molecule has 4 rings (SSSR count). The third-order valence-corrected chi connectivity index (χ3v) is 8.34. The monoisotopic (exact) mass is 571 g/mol. The van der Waals surface area contributed by atoms with Gasteiger partial charge >= 0.3 is 5.97 Å². The van der Waals surface area contributed by atoms with Crippen molar-refractivity contribution in [3.8, 4) is 46.0 Å². The highest BCUT2D eigenvalue weighted by Crippen LogP contribution is 2.53. The Labute approximate surface area is 240 Å². The second kappa shape index (κ2) is 13.5. The average molecular weight is 572 g/mol. The molecule has 0 radical (unpaired) electrons. The van der Waals surface area contributed by atoms with Gasteiger partial charge in [0, 0.05) is 23.9 Å². The number of terminal acetylenes is 1. The first-order valence-electron chi connectivity index (χ1n) is 13.1. The number of rotatable bonds is 10. The number of carbonyl (C=O) groups is 1. The molecule has 210 valence electrons. The number of nitrogens with zero attached hydrogens (tertiary/aromatic N) is 1. The molecule has 1 N–H and O–H groups in total. The summed E-state index contributed by atoms with van der Waals surface area (Å²) in [7, 11) is -1.73. The highest BCUT2D eigenvalue weighted by Gasteiger charge is 2.37. The molecule has 0 spiro atoms. The van der Waals surface area contributed by atoms with Crippen LogP contribution in [0.25, 0.3) is 33.5 Å². The van der Waals surface area contributed by atoms with Crippen molar-refractivity contribution >= 4 is 14.0 Å². The van der Waals surface area contributed by atoms with Crippen molar-refractivity contribution in [2.45, 2.75) is 37.9 Å². The van der Waals surface area contributed by atoms with Gasteiger partial charge in [0.05, 0.1) is 23.9 Å². The number of pyridine rings is 1. The fourth-order valence-electron chi connectivity index (χ4n) is 4.97. The summed E-state index contributed by atoms with van der Waals surface area (Å²) in [4.78, 5) is 17.5. The van der Waals surface area contributed by atoms with Gasteiger partial charge in [-0.1, -0.05) is 93.1 Å². The maximum absolute atomic E-state index is 14.2. The quantitative estimate of drug-likeness (QED) is 0.121. The van der Waals surface area contributed by atoms with E-state index in [0.29, 0.717) is 33.6 Å². The Bertz CT molecular complexity index is 1570. The SMILES string of the molecule is C#COC(=O)CC(O)C(c1c(C(C)C)nc(-c2ccccc2)c(-c2ccccc2)c1-c1ccc(F)cc1)[PH](=O)OC. The number of aromatic nitrogens is 1. The number of esters is 1. The van der Waals surface area contributed by atoms with E-state index in [-0.39, 0.29) is 5.92 Å². The zero-order chi connectivity index (χ0) is 29.5. The van der Waals surface area contributed by atoms with Gasteiger partial charge in [0.25, 0.3) is 0 Å². The molecule has 41 heavy (non-hydrogen) atoms. The van der Waals surface area contributed by atoms with Crippen LogP contribution < -0.4 is 0 Å². The predicted octanol–water partition coefficient (Wildman–Crippen LogP) is 7.39. The maximum Gasteiger partial charge on any atom is 0.322 e. The van der Waals surface area contributed by atoms with Crippen LogP contribution in [0.3, 0.4) is 0 Å². The Morgan fingerprint density at radius 2 is 1.51 bits per heavy atom. The summed E-state index contributed by atoms with van der Waals surface area (Å²) >= 11 is 0. The van der Waals surface area contributed by atoms with E-state index < -0.39 is 38.0 Å². The van der Waals surface area contributed by atoms with Crippen molar-refractivity contribution in [3.05, 3.63) is 102 Å². The highest BCUT2D eigenvalue weighted by atomic mass is 31.1. The summed E-state index contributed by atoms with van der Waals surface area (Å²) in [5.74, 6) is -1.46. The Hall–Kier alpha value is -4.08. The average Bonchev–Trinajstić information content (AvgIpc) is 2.98. The predicted molar refractivity (Wildman–Crippen MR) is 159 cm³/mol. The number of halogens is 1. The van der Waals surface area contributed by atoms with Crippen molar-refractivity contribution < 1.29 is 28.1 Å². The van der Waals surface area contributed by atoms with Gasteiger partial charge in [-0.15, -0.1) is 0 Å². The lowest BCUT2D eigenvalue weighted by Crippen LogP contribution is -2.24. The number of ether oxygens (including phenoxy) is 1. The molecule has 3 atom stereocenters. The molecule has 6 nitrogen and oxygen atoms in total. The van der Waals surface area contributed by atoms with E-state index in [2.05, 4.69) is 4.74 Å². The van der Waals surface area contributed by atoms with Crippen LogP contribution in [0.1, 0.15) is 43.1 Å². The molecule has 3 aromatic carbocycles. The molecule has 1 aromatic heterocycles. The number of aliphatic hydroxyl groups excluding tert-OH is 1. The second-order valence-electron chi connectivity index (χ2n) is 9.77. The summed E-state index contributed by atoms with van der Waals surface area (Å²) < 4.78 is 37.8. The number of aliphatic hydroxyl groups is 1. The van der Waals surface area contributed by atoms with Crippen LogP contribution >= 0.6 is 8.03 Å². The first kappa shape index (κ1) is 29.9. The minimum absolute atomic E-state index is 0.199. The van der Waals surface area contributed by atoms with Gasteiger partial charge in [-0.05, 0) is 40.3 Å². The van der Waals surface area contributed by atoms with E-state index in [4.69, 9.17) is 15.9 Å². The van der Waals surface area contributed by atoms with E-state index in [1.165, 1.54) is 19.2 Å². The molecule has 0 aliphatic rings. The molecule has 8 heteroatoms. The van der Waals surface area contributed by atoms with Crippen molar-refractivity contribution in [1.29, 1.82) is 0 Å². The van der Waals surface area contributed by atoms with Gasteiger partial charge in [-0.3, -0.25) is 14.3 Å². The van der Waals surface area contributed by atoms with E-state index in [1.54, 1.807) is 12.1 Å². The largest absolute Gasteiger partial charge is 0.391 e. The lowest BCUT2D eigenvalue weighted by Gasteiger charge is -2.30. The molecular weight excluding hydrogens is 540 g/mol. The fraction of sp³-hybridized carbons (Fsp3) is 0.212. The topological polar surface area (TPSA) is 85.7 Å². The van der Waals surface area contributed by atoms with Crippen LogP contribution in [0.2, 0.25) is 0 Å².